The average Bonchev–Trinajstić information content (AvgIpc) is 2.13. The Labute approximate surface area is 83.4 Å². The number of rotatable bonds is 5. The van der Waals surface area contributed by atoms with Gasteiger partial charge in [-0.05, 0) is 13.3 Å². The number of carbonyl (C=O) groups is 2. The molecule has 82 valence electrons. The van der Waals surface area contributed by atoms with Gasteiger partial charge in [0.05, 0.1) is 13.2 Å². The fourth-order valence-electron chi connectivity index (χ4n) is 1.06. The monoisotopic (exact) mass is 203 g/mol. The first kappa shape index (κ1) is 12.9. The van der Waals surface area contributed by atoms with Gasteiger partial charge in [-0.2, -0.15) is 0 Å². The minimum absolute atomic E-state index is 0.187. The molecule has 2 atom stereocenters. The Morgan fingerprint density at radius 1 is 1.50 bits per heavy atom. The quantitative estimate of drug-likeness (QED) is 0.680. The van der Waals surface area contributed by atoms with E-state index in [1.165, 1.54) is 14.0 Å². The molecular weight excluding hydrogens is 186 g/mol. The van der Waals surface area contributed by atoms with Crippen LogP contribution in [0.25, 0.3) is 0 Å². The van der Waals surface area contributed by atoms with E-state index in [9.17, 15) is 14.7 Å². The molecule has 0 bridgehead atoms. The second-order valence-electron chi connectivity index (χ2n) is 3.07. The Balaban J connectivity index is 4.29. The molecule has 0 saturated heterocycles. The van der Waals surface area contributed by atoms with E-state index in [1.807, 2.05) is 6.92 Å². The van der Waals surface area contributed by atoms with Gasteiger partial charge in [0, 0.05) is 6.42 Å². The Morgan fingerprint density at radius 3 is 2.43 bits per heavy atom. The lowest BCUT2D eigenvalue weighted by Gasteiger charge is -2.18. The fraction of sp³-hybridized carbons (Fsp3) is 0.778. The van der Waals surface area contributed by atoms with E-state index in [2.05, 4.69) is 10.1 Å². The number of methoxy groups -OCH3 is 1. The Kier molecular flexibility index (Phi) is 5.87. The van der Waals surface area contributed by atoms with Crippen molar-refractivity contribution in [2.45, 2.75) is 38.8 Å². The van der Waals surface area contributed by atoms with Gasteiger partial charge in [-0.15, -0.1) is 0 Å². The van der Waals surface area contributed by atoms with Crippen molar-refractivity contribution in [2.24, 2.45) is 0 Å². The summed E-state index contributed by atoms with van der Waals surface area (Å²) in [7, 11) is 1.21. The van der Waals surface area contributed by atoms with Crippen molar-refractivity contribution in [3.63, 3.8) is 0 Å². The Bertz CT molecular complexity index is 203. The molecule has 0 aliphatic carbocycles. The number of ether oxygens (including phenoxy) is 1. The zero-order valence-corrected chi connectivity index (χ0v) is 8.74. The van der Waals surface area contributed by atoms with Crippen LogP contribution in [0.15, 0.2) is 0 Å². The predicted molar refractivity (Wildman–Crippen MR) is 50.9 cm³/mol. The fourth-order valence-corrected chi connectivity index (χ4v) is 1.06. The summed E-state index contributed by atoms with van der Waals surface area (Å²) in [4.78, 5) is 22.2. The van der Waals surface area contributed by atoms with Crippen molar-refractivity contribution in [3.05, 3.63) is 0 Å². The Morgan fingerprint density at radius 2 is 2.07 bits per heavy atom. The first-order valence-corrected chi connectivity index (χ1v) is 4.58. The normalized spacial score (nSPS) is 14.3. The molecule has 5 heteroatoms. The molecule has 0 spiro atoms. The molecule has 0 aromatic rings. The van der Waals surface area contributed by atoms with Crippen LogP contribution in [0.4, 0.5) is 4.79 Å². The van der Waals surface area contributed by atoms with Crippen LogP contribution >= 0.6 is 0 Å². The van der Waals surface area contributed by atoms with Gasteiger partial charge in [-0.1, -0.05) is 6.92 Å². The van der Waals surface area contributed by atoms with Crippen LogP contribution in [-0.2, 0) is 9.53 Å². The molecule has 0 rings (SSSR count). The van der Waals surface area contributed by atoms with E-state index in [-0.39, 0.29) is 5.78 Å². The summed E-state index contributed by atoms with van der Waals surface area (Å²) >= 11 is 0. The van der Waals surface area contributed by atoms with Gasteiger partial charge in [-0.3, -0.25) is 4.79 Å². The van der Waals surface area contributed by atoms with Gasteiger partial charge in [0.1, 0.15) is 6.04 Å². The number of carbonyl (C=O) groups excluding carboxylic acids is 2. The molecule has 1 amide bonds. The summed E-state index contributed by atoms with van der Waals surface area (Å²) < 4.78 is 4.35. The van der Waals surface area contributed by atoms with Gasteiger partial charge in [0.2, 0.25) is 0 Å². The van der Waals surface area contributed by atoms with E-state index in [0.717, 1.165) is 0 Å². The number of alkyl carbamates (subject to hydrolysis) is 1. The number of hydrogen-bond acceptors (Lipinski definition) is 4. The third-order valence-corrected chi connectivity index (χ3v) is 1.78. The van der Waals surface area contributed by atoms with E-state index < -0.39 is 18.2 Å². The topological polar surface area (TPSA) is 75.6 Å². The standard InChI is InChI=1S/C9H17NO4/c1-4-5-7(12)8(6(2)11)10-9(13)14-3/h6,8,11H,4-5H2,1-3H3,(H,10,13)/t6-,8-/m1/s1. The third-order valence-electron chi connectivity index (χ3n) is 1.78. The van der Waals surface area contributed by atoms with Crippen LogP contribution < -0.4 is 5.32 Å². The lowest BCUT2D eigenvalue weighted by Crippen LogP contribution is -2.47. The number of nitrogens with one attached hydrogen (secondary N) is 1. The first-order chi connectivity index (χ1) is 6.52. The molecule has 0 unspecified atom stereocenters. The van der Waals surface area contributed by atoms with Crippen molar-refractivity contribution in [2.75, 3.05) is 7.11 Å². The summed E-state index contributed by atoms with van der Waals surface area (Å²) in [6, 6.07) is -0.873. The van der Waals surface area contributed by atoms with Crippen LogP contribution in [0.1, 0.15) is 26.7 Å². The van der Waals surface area contributed by atoms with Crippen molar-refractivity contribution in [1.29, 1.82) is 0 Å². The summed E-state index contributed by atoms with van der Waals surface area (Å²) in [5.74, 6) is -0.187. The van der Waals surface area contributed by atoms with Crippen LogP contribution in [0.5, 0.6) is 0 Å². The molecular formula is C9H17NO4. The SMILES string of the molecule is CCCC(=O)[C@H](NC(=O)OC)[C@@H](C)O. The smallest absolute Gasteiger partial charge is 0.407 e. The van der Waals surface area contributed by atoms with Crippen LogP contribution in [0.2, 0.25) is 0 Å². The highest BCUT2D eigenvalue weighted by Gasteiger charge is 2.24. The summed E-state index contributed by atoms with van der Waals surface area (Å²) in [5, 5.41) is 11.6. The molecule has 14 heavy (non-hydrogen) atoms. The number of Topliss-reactive ketones (excluding diaryl/α,β-unsaturated/α-hetero) is 1. The number of amides is 1. The maximum atomic E-state index is 11.4. The van der Waals surface area contributed by atoms with Crippen molar-refractivity contribution >= 4 is 11.9 Å². The highest BCUT2D eigenvalue weighted by molar-refractivity contribution is 5.87. The predicted octanol–water partition coefficient (Wildman–Crippen LogP) is 0.461. The second-order valence-corrected chi connectivity index (χ2v) is 3.07. The van der Waals surface area contributed by atoms with Crippen LogP contribution in [0, 0.1) is 0 Å². The van der Waals surface area contributed by atoms with Crippen LogP contribution in [0.3, 0.4) is 0 Å². The zero-order valence-electron chi connectivity index (χ0n) is 8.74. The summed E-state index contributed by atoms with van der Waals surface area (Å²) in [6.45, 7) is 3.31. The van der Waals surface area contributed by atoms with Gasteiger partial charge in [0.25, 0.3) is 0 Å². The van der Waals surface area contributed by atoms with Crippen molar-refractivity contribution in [3.8, 4) is 0 Å². The molecule has 0 heterocycles. The third kappa shape index (κ3) is 4.23. The number of aliphatic hydroxyl groups excluding tert-OH is 1. The number of ketones is 1. The van der Waals surface area contributed by atoms with Crippen molar-refractivity contribution in [1.82, 2.24) is 5.32 Å². The highest BCUT2D eigenvalue weighted by Crippen LogP contribution is 2.01. The molecule has 0 aliphatic rings. The minimum Gasteiger partial charge on any atom is -0.453 e. The van der Waals surface area contributed by atoms with E-state index >= 15 is 0 Å². The largest absolute Gasteiger partial charge is 0.453 e. The number of aliphatic hydroxyl groups is 1. The maximum Gasteiger partial charge on any atom is 0.407 e. The lowest BCUT2D eigenvalue weighted by atomic mass is 10.0. The number of hydrogen-bond donors (Lipinski definition) is 2. The van der Waals surface area contributed by atoms with Crippen molar-refractivity contribution < 1.29 is 19.4 Å². The van der Waals surface area contributed by atoms with E-state index in [1.54, 1.807) is 0 Å². The van der Waals surface area contributed by atoms with E-state index in [4.69, 9.17) is 0 Å². The molecule has 0 fully saturated rings. The molecule has 5 nitrogen and oxygen atoms in total. The molecule has 0 radical (unpaired) electrons. The molecule has 0 aromatic heterocycles. The average molecular weight is 203 g/mol. The minimum atomic E-state index is -0.909. The second kappa shape index (κ2) is 6.37. The maximum absolute atomic E-state index is 11.4. The molecule has 0 aliphatic heterocycles. The Hall–Kier alpha value is -1.10. The van der Waals surface area contributed by atoms with Gasteiger partial charge in [-0.25, -0.2) is 4.79 Å². The molecule has 2 N–H and O–H groups in total. The summed E-state index contributed by atoms with van der Waals surface area (Å²) in [6.07, 6.45) is -0.599. The van der Waals surface area contributed by atoms with Gasteiger partial charge < -0.3 is 15.2 Å². The molecule has 0 saturated carbocycles. The lowest BCUT2D eigenvalue weighted by molar-refractivity contribution is -0.123. The summed E-state index contributed by atoms with van der Waals surface area (Å²) in [5.41, 5.74) is 0. The van der Waals surface area contributed by atoms with E-state index in [0.29, 0.717) is 12.8 Å². The van der Waals surface area contributed by atoms with Gasteiger partial charge in [0.15, 0.2) is 5.78 Å². The highest BCUT2D eigenvalue weighted by atomic mass is 16.5. The van der Waals surface area contributed by atoms with Crippen LogP contribution in [-0.4, -0.2) is 36.2 Å². The molecule has 0 aromatic carbocycles. The van der Waals surface area contributed by atoms with Gasteiger partial charge >= 0.3 is 6.09 Å². The first-order valence-electron chi connectivity index (χ1n) is 4.58. The zero-order chi connectivity index (χ0) is 11.1.